The number of amides is 1. The highest BCUT2D eigenvalue weighted by molar-refractivity contribution is 6.53. The molecule has 0 aromatic heterocycles. The van der Waals surface area contributed by atoms with Crippen molar-refractivity contribution in [3.8, 4) is 0 Å². The summed E-state index contributed by atoms with van der Waals surface area (Å²) >= 11 is 0. The summed E-state index contributed by atoms with van der Waals surface area (Å²) in [5.74, 6) is -1.63. The van der Waals surface area contributed by atoms with E-state index < -0.39 is 11.9 Å². The quantitative estimate of drug-likeness (QED) is 0.758. The van der Waals surface area contributed by atoms with Gasteiger partial charge in [-0.25, -0.2) is 4.79 Å². The average Bonchev–Trinajstić information content (AvgIpc) is 3.36. The third kappa shape index (κ3) is 3.63. The van der Waals surface area contributed by atoms with E-state index >= 15 is 0 Å². The number of hydrogen-bond acceptors (Lipinski definition) is 4. The third-order valence-electron chi connectivity index (χ3n) is 6.44. The van der Waals surface area contributed by atoms with Crippen LogP contribution in [-0.4, -0.2) is 35.3 Å². The topological polar surface area (TPSA) is 73.2 Å². The zero-order chi connectivity index (χ0) is 21.4. The Balaban J connectivity index is 1.44. The molecule has 1 aliphatic carbocycles. The van der Waals surface area contributed by atoms with Crippen molar-refractivity contribution in [1.29, 1.82) is 0 Å². The number of nitrogens with zero attached hydrogens (tertiary/aromatic N) is 3. The van der Waals surface area contributed by atoms with Crippen LogP contribution >= 0.6 is 0 Å². The molecule has 6 nitrogen and oxygen atoms in total. The number of anilines is 2. The van der Waals surface area contributed by atoms with Crippen LogP contribution in [0.5, 0.6) is 0 Å². The molecule has 0 spiro atoms. The first-order valence-corrected chi connectivity index (χ1v) is 10.9. The first-order chi connectivity index (χ1) is 15.1. The Morgan fingerprint density at radius 3 is 2.58 bits per heavy atom. The van der Waals surface area contributed by atoms with E-state index in [-0.39, 0.29) is 11.3 Å². The third-order valence-corrected chi connectivity index (χ3v) is 6.44. The number of carboxylic acids is 1. The molecule has 6 heteroatoms. The van der Waals surface area contributed by atoms with Gasteiger partial charge in [0, 0.05) is 18.3 Å². The first kappa shape index (κ1) is 19.5. The molecule has 0 atom stereocenters. The molecule has 0 radical (unpaired) electrons. The molecule has 5 rings (SSSR count). The van der Waals surface area contributed by atoms with E-state index in [1.54, 1.807) is 30.3 Å². The molecule has 0 bridgehead atoms. The van der Waals surface area contributed by atoms with E-state index in [2.05, 4.69) is 22.1 Å². The summed E-state index contributed by atoms with van der Waals surface area (Å²) in [5.41, 5.74) is 3.81. The van der Waals surface area contributed by atoms with Crippen molar-refractivity contribution in [1.82, 2.24) is 0 Å². The number of benzene rings is 2. The Morgan fingerprint density at radius 2 is 1.84 bits per heavy atom. The molecule has 1 N–H and O–H groups in total. The van der Waals surface area contributed by atoms with Crippen LogP contribution in [0.2, 0.25) is 0 Å². The normalized spacial score (nSPS) is 20.3. The number of rotatable bonds is 4. The molecule has 0 saturated heterocycles. The number of fused-ring (bicyclic) bond motifs is 1. The Morgan fingerprint density at radius 1 is 1.06 bits per heavy atom. The van der Waals surface area contributed by atoms with Gasteiger partial charge in [0.15, 0.2) is 5.71 Å². The standard InChI is InChI=1S/C25H25N3O3/c29-24-21(23(25(30)31)26-28(24)20-9-5-2-6-10-20)16-17-11-12-22-18(15-17)13-14-27(22)19-7-3-1-4-8-19/h2,5-6,9-12,15-16,19H,1,3-4,7-8,13-14H2,(H,30,31)/b21-16-. The van der Waals surface area contributed by atoms with E-state index in [9.17, 15) is 14.7 Å². The minimum absolute atomic E-state index is 0.110. The summed E-state index contributed by atoms with van der Waals surface area (Å²) in [4.78, 5) is 27.3. The van der Waals surface area contributed by atoms with Gasteiger partial charge in [-0.05, 0) is 60.7 Å². The van der Waals surface area contributed by atoms with Crippen molar-refractivity contribution in [3.05, 3.63) is 65.2 Å². The van der Waals surface area contributed by atoms with E-state index in [1.165, 1.54) is 43.4 Å². The molecule has 2 aromatic carbocycles. The maximum atomic E-state index is 13.0. The molecule has 31 heavy (non-hydrogen) atoms. The molecule has 1 saturated carbocycles. The fourth-order valence-electron chi connectivity index (χ4n) is 4.92. The van der Waals surface area contributed by atoms with Gasteiger partial charge in [0.2, 0.25) is 0 Å². The van der Waals surface area contributed by atoms with Gasteiger partial charge in [0.25, 0.3) is 5.91 Å². The average molecular weight is 415 g/mol. The number of carboxylic acid groups (broad SMARTS) is 1. The molecule has 2 aliphatic heterocycles. The molecule has 1 fully saturated rings. The minimum Gasteiger partial charge on any atom is -0.476 e. The first-order valence-electron chi connectivity index (χ1n) is 10.9. The smallest absolute Gasteiger partial charge is 0.357 e. The predicted octanol–water partition coefficient (Wildman–Crippen LogP) is 4.25. The number of aliphatic carboxylic acids is 1. The van der Waals surface area contributed by atoms with Crippen LogP contribution in [0.1, 0.15) is 43.2 Å². The molecule has 3 aliphatic rings. The van der Waals surface area contributed by atoms with Gasteiger partial charge < -0.3 is 10.0 Å². The number of carbonyl (C=O) groups excluding carboxylic acids is 1. The molecule has 1 amide bonds. The van der Waals surface area contributed by atoms with E-state index in [4.69, 9.17) is 0 Å². The fourth-order valence-corrected chi connectivity index (χ4v) is 4.92. The van der Waals surface area contributed by atoms with E-state index in [1.807, 2.05) is 12.1 Å². The maximum absolute atomic E-state index is 13.0. The van der Waals surface area contributed by atoms with Gasteiger partial charge in [0.05, 0.1) is 11.3 Å². The van der Waals surface area contributed by atoms with Crippen molar-refractivity contribution >= 4 is 35.0 Å². The van der Waals surface area contributed by atoms with Crippen LogP contribution < -0.4 is 9.91 Å². The van der Waals surface area contributed by atoms with Gasteiger partial charge in [-0.1, -0.05) is 43.5 Å². The monoisotopic (exact) mass is 415 g/mol. The highest BCUT2D eigenvalue weighted by Gasteiger charge is 2.35. The number of hydrazone groups is 1. The van der Waals surface area contributed by atoms with Gasteiger partial charge in [0.1, 0.15) is 0 Å². The van der Waals surface area contributed by atoms with E-state index in [0.717, 1.165) is 23.5 Å². The molecule has 0 unspecified atom stereocenters. The number of para-hydroxylation sites is 1. The maximum Gasteiger partial charge on any atom is 0.357 e. The lowest BCUT2D eigenvalue weighted by atomic mass is 9.94. The zero-order valence-corrected chi connectivity index (χ0v) is 17.3. The summed E-state index contributed by atoms with van der Waals surface area (Å²) in [6.45, 7) is 1.03. The van der Waals surface area contributed by atoms with Crippen LogP contribution in [-0.2, 0) is 16.0 Å². The van der Waals surface area contributed by atoms with Crippen molar-refractivity contribution in [2.75, 3.05) is 16.5 Å². The summed E-state index contributed by atoms with van der Waals surface area (Å²) in [5, 5.41) is 14.9. The summed E-state index contributed by atoms with van der Waals surface area (Å²) in [6, 6.07) is 15.7. The number of hydrogen-bond donors (Lipinski definition) is 1. The highest BCUT2D eigenvalue weighted by Crippen LogP contribution is 2.35. The summed E-state index contributed by atoms with van der Waals surface area (Å²) in [7, 11) is 0. The van der Waals surface area contributed by atoms with Crippen LogP contribution in [0.15, 0.2) is 59.2 Å². The molecular weight excluding hydrogens is 390 g/mol. The van der Waals surface area contributed by atoms with Crippen LogP contribution in [0.3, 0.4) is 0 Å². The molecule has 2 heterocycles. The van der Waals surface area contributed by atoms with Gasteiger partial charge in [-0.2, -0.15) is 10.1 Å². The second kappa shape index (κ2) is 8.02. The van der Waals surface area contributed by atoms with Gasteiger partial charge in [-0.3, -0.25) is 4.79 Å². The Bertz CT molecular complexity index is 1080. The Hall–Kier alpha value is -3.41. The molecule has 158 valence electrons. The Labute approximate surface area is 181 Å². The van der Waals surface area contributed by atoms with Crippen molar-refractivity contribution in [3.63, 3.8) is 0 Å². The van der Waals surface area contributed by atoms with Crippen LogP contribution in [0, 0.1) is 0 Å². The lowest BCUT2D eigenvalue weighted by molar-refractivity contribution is -0.129. The highest BCUT2D eigenvalue weighted by atomic mass is 16.4. The van der Waals surface area contributed by atoms with Crippen molar-refractivity contribution in [2.45, 2.75) is 44.6 Å². The van der Waals surface area contributed by atoms with Crippen LogP contribution in [0.4, 0.5) is 11.4 Å². The largest absolute Gasteiger partial charge is 0.476 e. The molecule has 2 aromatic rings. The van der Waals surface area contributed by atoms with E-state index in [0.29, 0.717) is 11.7 Å². The summed E-state index contributed by atoms with van der Waals surface area (Å²) < 4.78 is 0. The summed E-state index contributed by atoms with van der Waals surface area (Å²) in [6.07, 6.45) is 9.09. The van der Waals surface area contributed by atoms with Gasteiger partial charge in [-0.15, -0.1) is 0 Å². The second-order valence-electron chi connectivity index (χ2n) is 8.39. The zero-order valence-electron chi connectivity index (χ0n) is 17.3. The SMILES string of the molecule is O=C(O)C1=NN(c2ccccc2)C(=O)/C1=C\c1ccc2c(c1)CCN2C1CCCCC1. The molecular formula is C25H25N3O3. The lowest BCUT2D eigenvalue weighted by Crippen LogP contribution is -2.35. The van der Waals surface area contributed by atoms with Crippen molar-refractivity contribution in [2.24, 2.45) is 5.10 Å². The lowest BCUT2D eigenvalue weighted by Gasteiger charge is -2.33. The predicted molar refractivity (Wildman–Crippen MR) is 121 cm³/mol. The second-order valence-corrected chi connectivity index (χ2v) is 8.39. The number of carbonyl (C=O) groups is 2. The van der Waals surface area contributed by atoms with Crippen molar-refractivity contribution < 1.29 is 14.7 Å². The van der Waals surface area contributed by atoms with Crippen LogP contribution in [0.25, 0.3) is 6.08 Å². The van der Waals surface area contributed by atoms with Gasteiger partial charge >= 0.3 is 5.97 Å². The minimum atomic E-state index is -1.21. The Kier molecular flexibility index (Phi) is 5.06. The fraction of sp³-hybridized carbons (Fsp3) is 0.320.